The highest BCUT2D eigenvalue weighted by Gasteiger charge is 2.22. The number of nitrogens with one attached hydrogen (secondary N) is 2. The molecule has 0 amide bonds. The molecule has 0 saturated carbocycles. The maximum Gasteiger partial charge on any atom is 0.250 e. The van der Waals surface area contributed by atoms with Gasteiger partial charge in [-0.2, -0.15) is 0 Å². The largest absolute Gasteiger partial charge is 0.381 e. The number of benzene rings is 2. The van der Waals surface area contributed by atoms with Crippen molar-refractivity contribution in [1.29, 1.82) is 0 Å². The monoisotopic (exact) mass is 514 g/mol. The highest BCUT2D eigenvalue weighted by molar-refractivity contribution is 8.05. The second-order valence-electron chi connectivity index (χ2n) is 8.87. The van der Waals surface area contributed by atoms with Gasteiger partial charge in [0.15, 0.2) is 0 Å². The second kappa shape index (κ2) is 10.0. The Kier molecular flexibility index (Phi) is 6.48. The van der Waals surface area contributed by atoms with Crippen molar-refractivity contribution in [2.75, 3.05) is 36.5 Å². The van der Waals surface area contributed by atoms with Gasteiger partial charge in [-0.3, -0.25) is 9.78 Å². The second-order valence-corrected chi connectivity index (χ2v) is 11.0. The first-order valence-corrected chi connectivity index (χ1v) is 13.6. The maximum absolute atomic E-state index is 12.6. The molecule has 4 aromatic rings. The molecule has 0 aliphatic carbocycles. The Labute approximate surface area is 218 Å². The van der Waals surface area contributed by atoms with E-state index in [9.17, 15) is 4.79 Å². The third-order valence-electron chi connectivity index (χ3n) is 6.31. The quantitative estimate of drug-likeness (QED) is 0.307. The van der Waals surface area contributed by atoms with Crippen molar-refractivity contribution < 1.29 is 4.74 Å². The summed E-state index contributed by atoms with van der Waals surface area (Å²) in [7, 11) is 0. The molecule has 2 aliphatic heterocycles. The Bertz CT molecular complexity index is 1480. The fourth-order valence-corrected chi connectivity index (χ4v) is 6.93. The zero-order valence-electron chi connectivity index (χ0n) is 19.9. The zero-order chi connectivity index (χ0) is 24.5. The predicted molar refractivity (Wildman–Crippen MR) is 147 cm³/mol. The molecule has 8 heteroatoms. The van der Waals surface area contributed by atoms with Gasteiger partial charge in [0.25, 0.3) is 0 Å². The van der Waals surface area contributed by atoms with Gasteiger partial charge in [-0.15, -0.1) is 0 Å². The normalized spacial score (nSPS) is 14.8. The minimum Gasteiger partial charge on any atom is -0.381 e. The van der Waals surface area contributed by atoms with Crippen LogP contribution in [0.3, 0.4) is 0 Å². The highest BCUT2D eigenvalue weighted by atomic mass is 32.2. The molecule has 2 aliphatic rings. The molecule has 4 heterocycles. The van der Waals surface area contributed by atoms with Gasteiger partial charge >= 0.3 is 0 Å². The summed E-state index contributed by atoms with van der Waals surface area (Å²) in [5.74, 6) is 0. The van der Waals surface area contributed by atoms with Gasteiger partial charge in [-0.25, -0.2) is 0 Å². The number of rotatable bonds is 5. The number of pyridine rings is 2. The smallest absolute Gasteiger partial charge is 0.250 e. The zero-order valence-corrected chi connectivity index (χ0v) is 21.5. The molecule has 1 saturated heterocycles. The van der Waals surface area contributed by atoms with Crippen LogP contribution >= 0.6 is 23.5 Å². The third-order valence-corrected chi connectivity index (χ3v) is 8.90. The van der Waals surface area contributed by atoms with Gasteiger partial charge < -0.3 is 19.9 Å². The van der Waals surface area contributed by atoms with E-state index >= 15 is 0 Å². The highest BCUT2D eigenvalue weighted by Crippen LogP contribution is 2.52. The van der Waals surface area contributed by atoms with E-state index in [1.807, 2.05) is 19.2 Å². The van der Waals surface area contributed by atoms with Crippen LogP contribution < -0.4 is 15.8 Å². The van der Waals surface area contributed by atoms with Crippen molar-refractivity contribution in [2.24, 2.45) is 0 Å². The van der Waals surface area contributed by atoms with Crippen LogP contribution in [0.5, 0.6) is 0 Å². The average molecular weight is 515 g/mol. The summed E-state index contributed by atoms with van der Waals surface area (Å²) < 4.78 is 5.48. The number of hydrogen-bond donors (Lipinski definition) is 2. The molecule has 6 nitrogen and oxygen atoms in total. The van der Waals surface area contributed by atoms with E-state index in [0.29, 0.717) is 13.2 Å². The van der Waals surface area contributed by atoms with Crippen LogP contribution in [0.1, 0.15) is 11.3 Å². The number of morpholine rings is 1. The fraction of sp³-hybridized carbons (Fsp3) is 0.214. The first-order valence-electron chi connectivity index (χ1n) is 12.0. The van der Waals surface area contributed by atoms with E-state index < -0.39 is 0 Å². The summed E-state index contributed by atoms with van der Waals surface area (Å²) in [5.41, 5.74) is 6.10. The fourth-order valence-electron chi connectivity index (χ4n) is 4.52. The molecule has 0 unspecified atom stereocenters. The average Bonchev–Trinajstić information content (AvgIpc) is 2.90. The summed E-state index contributed by atoms with van der Waals surface area (Å²) in [6, 6.07) is 20.8. The van der Waals surface area contributed by atoms with E-state index in [2.05, 4.69) is 68.7 Å². The maximum atomic E-state index is 12.6. The SMILES string of the molecule is Cc1cc(CNc2ccc3c(c2)Sc2cccc(-c4cc(N5CCOCC5)cc(=O)[nH]4)c2S3)ccn1. The lowest BCUT2D eigenvalue weighted by Crippen LogP contribution is -2.36. The van der Waals surface area contributed by atoms with Gasteiger partial charge in [0, 0.05) is 74.1 Å². The summed E-state index contributed by atoms with van der Waals surface area (Å²) in [4.78, 5) is 27.0. The molecule has 2 aromatic carbocycles. The molecule has 1 fully saturated rings. The predicted octanol–water partition coefficient (Wildman–Crippen LogP) is 5.81. The Balaban J connectivity index is 1.26. The molecule has 182 valence electrons. The van der Waals surface area contributed by atoms with E-state index in [4.69, 9.17) is 4.74 Å². The number of anilines is 2. The molecule has 0 spiro atoms. The van der Waals surface area contributed by atoms with Crippen molar-refractivity contribution in [2.45, 2.75) is 33.1 Å². The lowest BCUT2D eigenvalue weighted by atomic mass is 10.1. The summed E-state index contributed by atoms with van der Waals surface area (Å²) in [6.07, 6.45) is 1.85. The van der Waals surface area contributed by atoms with Crippen molar-refractivity contribution in [3.05, 3.63) is 88.5 Å². The number of aromatic amines is 1. The van der Waals surface area contributed by atoms with Crippen molar-refractivity contribution in [3.8, 4) is 11.3 Å². The molecule has 0 atom stereocenters. The first-order chi connectivity index (χ1) is 17.6. The number of fused-ring (bicyclic) bond motifs is 2. The van der Waals surface area contributed by atoms with Gasteiger partial charge in [0.1, 0.15) is 0 Å². The van der Waals surface area contributed by atoms with Gasteiger partial charge in [0.05, 0.1) is 18.9 Å². The van der Waals surface area contributed by atoms with Crippen LogP contribution in [-0.2, 0) is 11.3 Å². The Morgan fingerprint density at radius 1 is 1.00 bits per heavy atom. The first kappa shape index (κ1) is 23.2. The van der Waals surface area contributed by atoms with Gasteiger partial charge in [-0.05, 0) is 55.0 Å². The minimum atomic E-state index is -0.0828. The topological polar surface area (TPSA) is 70.2 Å². The van der Waals surface area contributed by atoms with Crippen LogP contribution in [0, 0.1) is 6.92 Å². The number of ether oxygens (including phenoxy) is 1. The molecule has 0 bridgehead atoms. The standard InChI is InChI=1S/C28H26N4O2S2/c1-18-13-19(7-8-29-18)17-30-20-5-6-24-26(14-20)35-25-4-2-3-22(28(25)36-24)23-15-21(16-27(33)31-23)32-9-11-34-12-10-32/h2-8,13-16,30H,9-12,17H2,1H3,(H,31,33). The molecule has 2 N–H and O–H groups in total. The van der Waals surface area contributed by atoms with E-state index in [0.717, 1.165) is 48.0 Å². The molecule has 6 rings (SSSR count). The van der Waals surface area contributed by atoms with Crippen molar-refractivity contribution in [1.82, 2.24) is 9.97 Å². The lowest BCUT2D eigenvalue weighted by molar-refractivity contribution is 0.122. The molecule has 2 aromatic heterocycles. The minimum absolute atomic E-state index is 0.0828. The molecule has 36 heavy (non-hydrogen) atoms. The number of H-pyrrole nitrogens is 1. The van der Waals surface area contributed by atoms with Crippen LogP contribution in [-0.4, -0.2) is 36.3 Å². The van der Waals surface area contributed by atoms with Crippen molar-refractivity contribution in [3.63, 3.8) is 0 Å². The Morgan fingerprint density at radius 2 is 1.89 bits per heavy atom. The van der Waals surface area contributed by atoms with Crippen LogP contribution in [0.4, 0.5) is 11.4 Å². The van der Waals surface area contributed by atoms with E-state index in [1.54, 1.807) is 29.6 Å². The number of hydrogen-bond acceptors (Lipinski definition) is 7. The van der Waals surface area contributed by atoms with Gasteiger partial charge in [-0.1, -0.05) is 35.7 Å². The van der Waals surface area contributed by atoms with E-state index in [1.165, 1.54) is 25.1 Å². The Hall–Kier alpha value is -3.20. The van der Waals surface area contributed by atoms with Crippen LogP contribution in [0.2, 0.25) is 0 Å². The third kappa shape index (κ3) is 4.89. The van der Waals surface area contributed by atoms with Crippen LogP contribution in [0.15, 0.2) is 91.2 Å². The van der Waals surface area contributed by atoms with Crippen molar-refractivity contribution >= 4 is 34.9 Å². The lowest BCUT2D eigenvalue weighted by Gasteiger charge is -2.29. The molecular formula is C28H26N4O2S2. The summed E-state index contributed by atoms with van der Waals surface area (Å²) in [5, 5.41) is 3.54. The molecular weight excluding hydrogens is 488 g/mol. The molecule has 0 radical (unpaired) electrons. The number of nitrogens with zero attached hydrogens (tertiary/aromatic N) is 2. The van der Waals surface area contributed by atoms with Crippen LogP contribution in [0.25, 0.3) is 11.3 Å². The number of aromatic nitrogens is 2. The summed E-state index contributed by atoms with van der Waals surface area (Å²) in [6.45, 7) is 5.73. The van der Waals surface area contributed by atoms with Gasteiger partial charge in [0.2, 0.25) is 5.56 Å². The van der Waals surface area contributed by atoms with E-state index in [-0.39, 0.29) is 5.56 Å². The summed E-state index contributed by atoms with van der Waals surface area (Å²) >= 11 is 3.54. The number of aryl methyl sites for hydroxylation is 1. The Morgan fingerprint density at radius 3 is 2.75 bits per heavy atom.